The van der Waals surface area contributed by atoms with Gasteiger partial charge >= 0.3 is 0 Å². The Kier molecular flexibility index (Phi) is 5.41. The number of primary amides is 1. The van der Waals surface area contributed by atoms with Gasteiger partial charge in [-0.25, -0.2) is 0 Å². The van der Waals surface area contributed by atoms with Crippen LogP contribution < -0.4 is 16.0 Å². The number of hydrogen-bond donors (Lipinski definition) is 2. The van der Waals surface area contributed by atoms with Crippen LogP contribution in [0.2, 0.25) is 0 Å². The molecule has 0 unspecified atom stereocenters. The van der Waals surface area contributed by atoms with Crippen LogP contribution in [0.3, 0.4) is 0 Å². The third-order valence-electron chi connectivity index (χ3n) is 4.00. The molecule has 1 saturated heterocycles. The average Bonchev–Trinajstić information content (AvgIpc) is 2.46. The molecule has 3 N–H and O–H groups in total. The summed E-state index contributed by atoms with van der Waals surface area (Å²) in [5.41, 5.74) is 7.96. The first-order valence-electron chi connectivity index (χ1n) is 7.52. The molecule has 1 amide bonds. The van der Waals surface area contributed by atoms with Crippen molar-refractivity contribution < 1.29 is 4.79 Å². The highest BCUT2D eigenvalue weighted by Gasteiger charge is 2.21. The van der Waals surface area contributed by atoms with E-state index in [0.717, 1.165) is 39.0 Å². The van der Waals surface area contributed by atoms with Crippen LogP contribution in [0.1, 0.15) is 31.7 Å². The lowest BCUT2D eigenvalue weighted by Crippen LogP contribution is -2.35. The number of anilines is 1. The maximum atomic E-state index is 11.0. The predicted molar refractivity (Wildman–Crippen MR) is 82.6 cm³/mol. The quantitative estimate of drug-likeness (QED) is 0.833. The molecule has 4 heteroatoms. The summed E-state index contributed by atoms with van der Waals surface area (Å²) >= 11 is 0. The van der Waals surface area contributed by atoms with Gasteiger partial charge in [0.1, 0.15) is 0 Å². The van der Waals surface area contributed by atoms with E-state index in [-0.39, 0.29) is 5.91 Å². The molecule has 4 nitrogen and oxygen atoms in total. The van der Waals surface area contributed by atoms with Crippen LogP contribution in [0, 0.1) is 5.92 Å². The van der Waals surface area contributed by atoms with E-state index >= 15 is 0 Å². The summed E-state index contributed by atoms with van der Waals surface area (Å²) in [6.45, 7) is 6.04. The molecule has 1 heterocycles. The lowest BCUT2D eigenvalue weighted by molar-refractivity contribution is -0.119. The molecule has 0 spiro atoms. The summed E-state index contributed by atoms with van der Waals surface area (Å²) in [5.74, 6) is 0.292. The van der Waals surface area contributed by atoms with Gasteiger partial charge in [-0.05, 0) is 36.9 Å². The minimum absolute atomic E-state index is 0.170. The first-order valence-corrected chi connectivity index (χ1v) is 7.52. The fourth-order valence-corrected chi connectivity index (χ4v) is 2.89. The zero-order valence-corrected chi connectivity index (χ0v) is 12.3. The van der Waals surface area contributed by atoms with E-state index in [1.807, 2.05) is 0 Å². The maximum Gasteiger partial charge on any atom is 0.217 e. The largest absolute Gasteiger partial charge is 0.371 e. The molecule has 20 heavy (non-hydrogen) atoms. The second-order valence-corrected chi connectivity index (χ2v) is 5.51. The van der Waals surface area contributed by atoms with E-state index in [0.29, 0.717) is 12.3 Å². The van der Waals surface area contributed by atoms with Crippen LogP contribution in [0.15, 0.2) is 24.3 Å². The monoisotopic (exact) mass is 275 g/mol. The molecule has 1 aromatic carbocycles. The van der Waals surface area contributed by atoms with Crippen molar-refractivity contribution in [3.63, 3.8) is 0 Å². The third-order valence-corrected chi connectivity index (χ3v) is 4.00. The van der Waals surface area contributed by atoms with Gasteiger partial charge in [0.25, 0.3) is 0 Å². The fourth-order valence-electron chi connectivity index (χ4n) is 2.89. The average molecular weight is 275 g/mol. The highest BCUT2D eigenvalue weighted by Crippen LogP contribution is 2.27. The normalized spacial score (nSPS) is 16.4. The van der Waals surface area contributed by atoms with Gasteiger partial charge in [0.15, 0.2) is 0 Å². The molecule has 0 aromatic heterocycles. The van der Waals surface area contributed by atoms with E-state index < -0.39 is 0 Å². The first-order chi connectivity index (χ1) is 9.70. The van der Waals surface area contributed by atoms with Gasteiger partial charge < -0.3 is 16.0 Å². The van der Waals surface area contributed by atoms with E-state index in [2.05, 4.69) is 41.4 Å². The molecule has 1 aliphatic heterocycles. The number of hydrogen-bond acceptors (Lipinski definition) is 3. The molecular weight excluding hydrogens is 250 g/mol. The van der Waals surface area contributed by atoms with Crippen LogP contribution in [0.4, 0.5) is 5.69 Å². The SMILES string of the molecule is CCNCc1ccccc1N1CCC(CC(N)=O)CC1. The van der Waals surface area contributed by atoms with Crippen molar-refractivity contribution in [3.8, 4) is 0 Å². The van der Waals surface area contributed by atoms with Crippen molar-refractivity contribution in [1.29, 1.82) is 0 Å². The van der Waals surface area contributed by atoms with E-state index in [4.69, 9.17) is 5.73 Å². The lowest BCUT2D eigenvalue weighted by atomic mass is 9.92. The molecule has 0 saturated carbocycles. The molecule has 0 bridgehead atoms. The fraction of sp³-hybridized carbons (Fsp3) is 0.562. The van der Waals surface area contributed by atoms with Gasteiger partial charge in [0.2, 0.25) is 5.91 Å². The second kappa shape index (κ2) is 7.29. The van der Waals surface area contributed by atoms with Gasteiger partial charge in [-0.2, -0.15) is 0 Å². The summed E-state index contributed by atoms with van der Waals surface area (Å²) in [6, 6.07) is 8.57. The number of para-hydroxylation sites is 1. The van der Waals surface area contributed by atoms with Gasteiger partial charge in [0, 0.05) is 31.7 Å². The van der Waals surface area contributed by atoms with Crippen molar-refractivity contribution in [2.24, 2.45) is 11.7 Å². The molecule has 0 aliphatic carbocycles. The van der Waals surface area contributed by atoms with Crippen molar-refractivity contribution in [3.05, 3.63) is 29.8 Å². The number of nitrogens with one attached hydrogen (secondary N) is 1. The summed E-state index contributed by atoms with van der Waals surface area (Å²) in [7, 11) is 0. The van der Waals surface area contributed by atoms with Crippen LogP contribution >= 0.6 is 0 Å². The standard InChI is InChI=1S/C16H25N3O/c1-2-18-12-14-5-3-4-6-15(14)19-9-7-13(8-10-19)11-16(17)20/h3-6,13,18H,2,7-12H2,1H3,(H2,17,20). The van der Waals surface area contributed by atoms with Gasteiger partial charge in [0.05, 0.1) is 0 Å². The number of piperidine rings is 1. The Labute approximate surface area is 121 Å². The number of rotatable bonds is 6. The smallest absolute Gasteiger partial charge is 0.217 e. The minimum atomic E-state index is -0.170. The number of nitrogens with zero attached hydrogens (tertiary/aromatic N) is 1. The molecule has 2 rings (SSSR count). The summed E-state index contributed by atoms with van der Waals surface area (Å²) in [5, 5.41) is 3.39. The Balaban J connectivity index is 1.97. The van der Waals surface area contributed by atoms with Gasteiger partial charge in [-0.15, -0.1) is 0 Å². The Bertz CT molecular complexity index is 439. The molecule has 110 valence electrons. The Morgan fingerprint density at radius 1 is 1.35 bits per heavy atom. The third kappa shape index (κ3) is 3.97. The molecule has 1 fully saturated rings. The Morgan fingerprint density at radius 3 is 2.70 bits per heavy atom. The minimum Gasteiger partial charge on any atom is -0.371 e. The number of benzene rings is 1. The molecule has 1 aliphatic rings. The molecule has 1 aromatic rings. The van der Waals surface area contributed by atoms with Crippen molar-refractivity contribution in [2.75, 3.05) is 24.5 Å². The van der Waals surface area contributed by atoms with Crippen molar-refractivity contribution in [1.82, 2.24) is 5.32 Å². The predicted octanol–water partition coefficient (Wildman–Crippen LogP) is 1.89. The molecular formula is C16H25N3O. The summed E-state index contributed by atoms with van der Waals surface area (Å²) in [4.78, 5) is 13.4. The number of amides is 1. The van der Waals surface area contributed by atoms with Gasteiger partial charge in [-0.1, -0.05) is 25.1 Å². The zero-order chi connectivity index (χ0) is 14.4. The Morgan fingerprint density at radius 2 is 2.05 bits per heavy atom. The first kappa shape index (κ1) is 14.9. The summed E-state index contributed by atoms with van der Waals surface area (Å²) in [6.07, 6.45) is 2.64. The van der Waals surface area contributed by atoms with Crippen LogP contribution in [0.5, 0.6) is 0 Å². The van der Waals surface area contributed by atoms with E-state index in [1.165, 1.54) is 11.3 Å². The van der Waals surface area contributed by atoms with E-state index in [1.54, 1.807) is 0 Å². The lowest BCUT2D eigenvalue weighted by Gasteiger charge is -2.34. The number of carbonyl (C=O) groups is 1. The van der Waals surface area contributed by atoms with Crippen LogP contribution in [-0.4, -0.2) is 25.5 Å². The summed E-state index contributed by atoms with van der Waals surface area (Å²) < 4.78 is 0. The highest BCUT2D eigenvalue weighted by atomic mass is 16.1. The zero-order valence-electron chi connectivity index (χ0n) is 12.3. The van der Waals surface area contributed by atoms with Crippen LogP contribution in [-0.2, 0) is 11.3 Å². The number of carbonyl (C=O) groups excluding carboxylic acids is 1. The second-order valence-electron chi connectivity index (χ2n) is 5.51. The Hall–Kier alpha value is -1.55. The van der Waals surface area contributed by atoms with Crippen molar-refractivity contribution >= 4 is 11.6 Å². The molecule has 0 radical (unpaired) electrons. The number of nitrogens with two attached hydrogens (primary N) is 1. The molecule has 0 atom stereocenters. The topological polar surface area (TPSA) is 58.4 Å². The highest BCUT2D eigenvalue weighted by molar-refractivity contribution is 5.74. The van der Waals surface area contributed by atoms with Crippen LogP contribution in [0.25, 0.3) is 0 Å². The maximum absolute atomic E-state index is 11.0. The van der Waals surface area contributed by atoms with E-state index in [9.17, 15) is 4.79 Å². The van der Waals surface area contributed by atoms with Gasteiger partial charge in [-0.3, -0.25) is 4.79 Å². The van der Waals surface area contributed by atoms with Crippen molar-refractivity contribution in [2.45, 2.75) is 32.7 Å².